The zero-order valence-electron chi connectivity index (χ0n) is 18.1. The van der Waals surface area contributed by atoms with E-state index in [-0.39, 0.29) is 11.8 Å². The van der Waals surface area contributed by atoms with Gasteiger partial charge in [-0.1, -0.05) is 66.6 Å². The number of likely N-dealkylation sites (tertiary alicyclic amines) is 1. The Bertz CT molecular complexity index is 1040. The van der Waals surface area contributed by atoms with Gasteiger partial charge >= 0.3 is 5.97 Å². The smallest absolute Gasteiger partial charge is 0.311 e. The number of amides is 1. The Morgan fingerprint density at radius 3 is 2.69 bits per heavy atom. The third-order valence-electron chi connectivity index (χ3n) is 6.32. The fraction of sp³-hybridized carbons (Fsp3) is 0.333. The number of nitrogens with zero attached hydrogens (tertiary/aromatic N) is 1. The summed E-state index contributed by atoms with van der Waals surface area (Å²) in [5.74, 6) is 1.74. The summed E-state index contributed by atoms with van der Waals surface area (Å²) in [5.41, 5.74) is 1.70. The molecule has 5 nitrogen and oxygen atoms in total. The van der Waals surface area contributed by atoms with Gasteiger partial charge in [0.25, 0.3) is 0 Å². The van der Waals surface area contributed by atoms with Crippen molar-refractivity contribution in [2.24, 2.45) is 17.8 Å². The van der Waals surface area contributed by atoms with Gasteiger partial charge in [-0.15, -0.1) is 6.42 Å². The molecule has 1 heterocycles. The van der Waals surface area contributed by atoms with Crippen LogP contribution in [-0.4, -0.2) is 30.4 Å². The number of fused-ring (bicyclic) bond motifs is 1. The van der Waals surface area contributed by atoms with Gasteiger partial charge in [-0.25, -0.2) is 0 Å². The standard InChI is InChI=1S/C27H27NO4/c1-3-23(21-13-7-8-15-24(21)31-2)32-27(30)22-14-9-12-20-16-17-28(26(29)25(20)22)18-19-10-5-4-6-11-19/h1,4-13,15,20,22-23,25H,14,16-18H2,2H3/t20-,22-,23-,25+/m1/s1. The van der Waals surface area contributed by atoms with Gasteiger partial charge in [0.05, 0.1) is 18.9 Å². The van der Waals surface area contributed by atoms with E-state index in [0.29, 0.717) is 30.8 Å². The summed E-state index contributed by atoms with van der Waals surface area (Å²) < 4.78 is 11.1. The predicted molar refractivity (Wildman–Crippen MR) is 121 cm³/mol. The number of para-hydroxylation sites is 1. The first kappa shape index (κ1) is 21.7. The normalized spacial score (nSPS) is 23.1. The number of allylic oxidation sites excluding steroid dienone is 2. The number of terminal acetylenes is 1. The number of benzene rings is 2. The number of carbonyl (C=O) groups excluding carboxylic acids is 2. The van der Waals surface area contributed by atoms with Crippen molar-refractivity contribution in [3.05, 3.63) is 77.9 Å². The lowest BCUT2D eigenvalue weighted by Gasteiger charge is -2.41. The van der Waals surface area contributed by atoms with Crippen molar-refractivity contribution >= 4 is 11.9 Å². The highest BCUT2D eigenvalue weighted by atomic mass is 16.5. The average Bonchev–Trinajstić information content (AvgIpc) is 2.84. The fourth-order valence-corrected chi connectivity index (χ4v) is 4.70. The number of hydrogen-bond acceptors (Lipinski definition) is 4. The zero-order chi connectivity index (χ0) is 22.5. The lowest BCUT2D eigenvalue weighted by atomic mass is 9.71. The maximum absolute atomic E-state index is 13.4. The summed E-state index contributed by atoms with van der Waals surface area (Å²) in [5, 5.41) is 0. The summed E-state index contributed by atoms with van der Waals surface area (Å²) in [4.78, 5) is 28.5. The van der Waals surface area contributed by atoms with Crippen LogP contribution in [0.3, 0.4) is 0 Å². The van der Waals surface area contributed by atoms with Gasteiger partial charge in [-0.05, 0) is 30.4 Å². The minimum absolute atomic E-state index is 0.00551. The molecule has 32 heavy (non-hydrogen) atoms. The van der Waals surface area contributed by atoms with Crippen molar-refractivity contribution in [1.82, 2.24) is 4.90 Å². The molecule has 0 saturated carbocycles. The molecule has 164 valence electrons. The van der Waals surface area contributed by atoms with Crippen LogP contribution in [0.5, 0.6) is 5.75 Å². The van der Waals surface area contributed by atoms with Crippen LogP contribution in [0.15, 0.2) is 66.7 Å². The molecule has 1 aliphatic heterocycles. The molecule has 0 spiro atoms. The van der Waals surface area contributed by atoms with Crippen LogP contribution in [-0.2, 0) is 20.9 Å². The summed E-state index contributed by atoms with van der Waals surface area (Å²) >= 11 is 0. The Kier molecular flexibility index (Phi) is 6.61. The molecular weight excluding hydrogens is 402 g/mol. The second-order valence-corrected chi connectivity index (χ2v) is 8.22. The van der Waals surface area contributed by atoms with Crippen molar-refractivity contribution in [3.63, 3.8) is 0 Å². The Morgan fingerprint density at radius 1 is 1.19 bits per heavy atom. The lowest BCUT2D eigenvalue weighted by Crippen LogP contribution is -2.50. The number of piperidine rings is 1. The number of esters is 1. The Balaban J connectivity index is 1.52. The highest BCUT2D eigenvalue weighted by Crippen LogP contribution is 2.39. The summed E-state index contributed by atoms with van der Waals surface area (Å²) in [6.45, 7) is 1.22. The Labute approximate surface area is 189 Å². The van der Waals surface area contributed by atoms with Crippen molar-refractivity contribution < 1.29 is 19.1 Å². The number of methoxy groups -OCH3 is 1. The summed E-state index contributed by atoms with van der Waals surface area (Å²) in [6.07, 6.45) is 10.2. The number of hydrogen-bond donors (Lipinski definition) is 0. The van der Waals surface area contributed by atoms with Crippen molar-refractivity contribution in [2.75, 3.05) is 13.7 Å². The molecule has 5 heteroatoms. The Hall–Kier alpha value is -3.52. The first-order chi connectivity index (χ1) is 15.6. The van der Waals surface area contributed by atoms with Gasteiger partial charge in [0.2, 0.25) is 5.91 Å². The first-order valence-corrected chi connectivity index (χ1v) is 10.9. The molecule has 1 fully saturated rings. The molecule has 4 atom stereocenters. The summed E-state index contributed by atoms with van der Waals surface area (Å²) in [6, 6.07) is 17.1. The molecule has 1 saturated heterocycles. The maximum Gasteiger partial charge on any atom is 0.311 e. The Morgan fingerprint density at radius 2 is 1.94 bits per heavy atom. The number of rotatable bonds is 6. The molecule has 2 aliphatic rings. The molecule has 0 N–H and O–H groups in total. The zero-order valence-corrected chi connectivity index (χ0v) is 18.1. The summed E-state index contributed by atoms with van der Waals surface area (Å²) in [7, 11) is 1.55. The minimum Gasteiger partial charge on any atom is -0.496 e. The average molecular weight is 430 g/mol. The van der Waals surface area contributed by atoms with Gasteiger partial charge in [-0.2, -0.15) is 0 Å². The monoisotopic (exact) mass is 429 g/mol. The molecule has 2 aromatic rings. The quantitative estimate of drug-likeness (QED) is 0.393. The molecule has 4 rings (SSSR count). The predicted octanol–water partition coefficient (Wildman–Crippen LogP) is 4.15. The number of ether oxygens (including phenoxy) is 2. The van der Waals surface area contributed by atoms with Crippen LogP contribution in [0.1, 0.15) is 30.1 Å². The van der Waals surface area contributed by atoms with Crippen LogP contribution < -0.4 is 4.74 Å². The van der Waals surface area contributed by atoms with Crippen LogP contribution in [0.4, 0.5) is 0 Å². The van der Waals surface area contributed by atoms with Gasteiger partial charge in [0, 0.05) is 18.7 Å². The molecular formula is C27H27NO4. The van der Waals surface area contributed by atoms with E-state index in [1.165, 1.54) is 0 Å². The van der Waals surface area contributed by atoms with E-state index < -0.39 is 23.9 Å². The number of carbonyl (C=O) groups is 2. The third-order valence-corrected chi connectivity index (χ3v) is 6.32. The van der Waals surface area contributed by atoms with Crippen LogP contribution >= 0.6 is 0 Å². The van der Waals surface area contributed by atoms with Crippen LogP contribution in [0.2, 0.25) is 0 Å². The second kappa shape index (κ2) is 9.74. The van der Waals surface area contributed by atoms with Crippen LogP contribution in [0.25, 0.3) is 0 Å². The minimum atomic E-state index is -0.873. The van der Waals surface area contributed by atoms with E-state index in [1.54, 1.807) is 19.2 Å². The van der Waals surface area contributed by atoms with Crippen molar-refractivity contribution in [2.45, 2.75) is 25.5 Å². The van der Waals surface area contributed by atoms with E-state index in [0.717, 1.165) is 12.0 Å². The molecule has 0 aromatic heterocycles. The third kappa shape index (κ3) is 4.40. The lowest BCUT2D eigenvalue weighted by molar-refractivity contribution is -0.161. The van der Waals surface area contributed by atoms with E-state index >= 15 is 0 Å². The molecule has 1 aliphatic carbocycles. The molecule has 0 radical (unpaired) electrons. The maximum atomic E-state index is 13.4. The molecule has 0 unspecified atom stereocenters. The highest BCUT2D eigenvalue weighted by molar-refractivity contribution is 5.87. The van der Waals surface area contributed by atoms with Crippen molar-refractivity contribution in [3.8, 4) is 18.1 Å². The fourth-order valence-electron chi connectivity index (χ4n) is 4.70. The van der Waals surface area contributed by atoms with E-state index in [2.05, 4.69) is 12.0 Å². The molecule has 2 aromatic carbocycles. The highest BCUT2D eigenvalue weighted by Gasteiger charge is 2.45. The van der Waals surface area contributed by atoms with Gasteiger partial charge in [0.1, 0.15) is 5.75 Å². The van der Waals surface area contributed by atoms with Gasteiger partial charge < -0.3 is 14.4 Å². The van der Waals surface area contributed by atoms with Gasteiger partial charge in [0.15, 0.2) is 6.10 Å². The SMILES string of the molecule is C#C[C@@H](OC(=O)[C@@H]1CC=C[C@@H]2CCN(Cc3ccccc3)C(=O)[C@@H]21)c1ccccc1OC. The largest absolute Gasteiger partial charge is 0.496 e. The van der Waals surface area contributed by atoms with E-state index in [1.807, 2.05) is 53.4 Å². The second-order valence-electron chi connectivity index (χ2n) is 8.22. The van der Waals surface area contributed by atoms with Gasteiger partial charge in [-0.3, -0.25) is 9.59 Å². The molecule has 1 amide bonds. The first-order valence-electron chi connectivity index (χ1n) is 10.9. The van der Waals surface area contributed by atoms with E-state index in [4.69, 9.17) is 15.9 Å². The van der Waals surface area contributed by atoms with Crippen molar-refractivity contribution in [1.29, 1.82) is 0 Å². The van der Waals surface area contributed by atoms with E-state index in [9.17, 15) is 9.59 Å². The molecule has 0 bridgehead atoms. The topological polar surface area (TPSA) is 55.8 Å². The van der Waals surface area contributed by atoms with Crippen LogP contribution in [0, 0.1) is 30.1 Å².